The van der Waals surface area contributed by atoms with Gasteiger partial charge in [-0.3, -0.25) is 4.79 Å². The van der Waals surface area contributed by atoms with Gasteiger partial charge in [0.1, 0.15) is 6.04 Å². The Morgan fingerprint density at radius 3 is 2.30 bits per heavy atom. The van der Waals surface area contributed by atoms with Crippen LogP contribution in [0.15, 0.2) is 0 Å². The first-order chi connectivity index (χ1) is 9.26. The minimum absolute atomic E-state index is 0.0164. The van der Waals surface area contributed by atoms with E-state index in [0.29, 0.717) is 6.54 Å². The summed E-state index contributed by atoms with van der Waals surface area (Å²) < 4.78 is 4.43. The van der Waals surface area contributed by atoms with Crippen LogP contribution in [0.4, 0.5) is 4.79 Å². The van der Waals surface area contributed by atoms with E-state index in [1.54, 1.807) is 0 Å². The molecule has 0 aliphatic heterocycles. The van der Waals surface area contributed by atoms with Crippen LogP contribution < -0.4 is 10.6 Å². The van der Waals surface area contributed by atoms with Crippen molar-refractivity contribution in [3.05, 3.63) is 0 Å². The number of rotatable bonds is 8. The SMILES string of the molecule is COC(=O)CC[C@H](NC(=O)NC(C)CN(C)C)C(=O)O. The molecule has 0 radical (unpaired) electrons. The first-order valence-corrected chi connectivity index (χ1v) is 6.27. The minimum Gasteiger partial charge on any atom is -0.480 e. The van der Waals surface area contributed by atoms with E-state index in [4.69, 9.17) is 5.11 Å². The van der Waals surface area contributed by atoms with Crippen LogP contribution in [0.2, 0.25) is 0 Å². The molecular weight excluding hydrogens is 266 g/mol. The molecule has 0 bridgehead atoms. The average molecular weight is 289 g/mol. The molecule has 3 N–H and O–H groups in total. The molecule has 116 valence electrons. The fourth-order valence-electron chi connectivity index (χ4n) is 1.64. The van der Waals surface area contributed by atoms with E-state index in [9.17, 15) is 14.4 Å². The number of aliphatic carboxylic acids is 1. The van der Waals surface area contributed by atoms with Gasteiger partial charge < -0.3 is 25.4 Å². The standard InChI is InChI=1S/C12H23N3O5/c1-8(7-15(2)3)13-12(19)14-9(11(17)18)5-6-10(16)20-4/h8-9H,5-7H2,1-4H3,(H,17,18)(H2,13,14,19)/t8?,9-/m0/s1. The fraction of sp³-hybridized carbons (Fsp3) is 0.750. The third kappa shape index (κ3) is 8.30. The van der Waals surface area contributed by atoms with Gasteiger partial charge in [-0.15, -0.1) is 0 Å². The Bertz CT molecular complexity index is 346. The second-order valence-corrected chi connectivity index (χ2v) is 4.79. The maximum atomic E-state index is 11.6. The highest BCUT2D eigenvalue weighted by Crippen LogP contribution is 1.99. The number of ether oxygens (including phenoxy) is 1. The number of carboxylic acid groups (broad SMARTS) is 1. The summed E-state index contributed by atoms with van der Waals surface area (Å²) in [5.41, 5.74) is 0. The van der Waals surface area contributed by atoms with Crippen molar-refractivity contribution in [1.82, 2.24) is 15.5 Å². The number of hydrogen-bond donors (Lipinski definition) is 3. The predicted molar refractivity (Wildman–Crippen MR) is 72.4 cm³/mol. The Kier molecular flexibility index (Phi) is 8.30. The summed E-state index contributed by atoms with van der Waals surface area (Å²) in [7, 11) is 4.96. The van der Waals surface area contributed by atoms with Crippen molar-refractivity contribution in [2.24, 2.45) is 0 Å². The maximum Gasteiger partial charge on any atom is 0.326 e. The molecule has 0 aromatic heterocycles. The lowest BCUT2D eigenvalue weighted by atomic mass is 10.1. The van der Waals surface area contributed by atoms with Crippen molar-refractivity contribution < 1.29 is 24.2 Å². The zero-order valence-corrected chi connectivity index (χ0v) is 12.3. The number of amides is 2. The summed E-state index contributed by atoms with van der Waals surface area (Å²) in [5, 5.41) is 13.9. The van der Waals surface area contributed by atoms with Gasteiger partial charge in [-0.2, -0.15) is 0 Å². The summed E-state index contributed by atoms with van der Waals surface area (Å²) in [5.74, 6) is -1.70. The third-order valence-corrected chi connectivity index (χ3v) is 2.48. The van der Waals surface area contributed by atoms with Crippen LogP contribution in [0.5, 0.6) is 0 Å². The zero-order valence-electron chi connectivity index (χ0n) is 12.3. The summed E-state index contributed by atoms with van der Waals surface area (Å²) >= 11 is 0. The van der Waals surface area contributed by atoms with Crippen LogP contribution in [0.25, 0.3) is 0 Å². The predicted octanol–water partition coefficient (Wildman–Crippen LogP) is -0.358. The number of nitrogens with zero attached hydrogens (tertiary/aromatic N) is 1. The van der Waals surface area contributed by atoms with Crippen LogP contribution >= 0.6 is 0 Å². The first-order valence-electron chi connectivity index (χ1n) is 6.27. The molecule has 20 heavy (non-hydrogen) atoms. The van der Waals surface area contributed by atoms with Gasteiger partial charge in [0.25, 0.3) is 0 Å². The second kappa shape index (κ2) is 9.13. The lowest BCUT2D eigenvalue weighted by Gasteiger charge is -2.20. The highest BCUT2D eigenvalue weighted by Gasteiger charge is 2.21. The normalized spacial score (nSPS) is 13.4. The number of urea groups is 1. The van der Waals surface area contributed by atoms with E-state index in [2.05, 4.69) is 15.4 Å². The minimum atomic E-state index is -1.19. The molecule has 0 rings (SSSR count). The van der Waals surface area contributed by atoms with Crippen LogP contribution in [-0.4, -0.2) is 67.8 Å². The average Bonchev–Trinajstić information content (AvgIpc) is 2.32. The molecule has 0 aliphatic carbocycles. The highest BCUT2D eigenvalue weighted by molar-refractivity contribution is 5.83. The number of carbonyl (C=O) groups excluding carboxylic acids is 2. The van der Waals surface area contributed by atoms with E-state index < -0.39 is 24.0 Å². The summed E-state index contributed by atoms with van der Waals surface area (Å²) in [6.45, 7) is 2.44. The lowest BCUT2D eigenvalue weighted by Crippen LogP contribution is -2.50. The molecule has 0 aromatic rings. The van der Waals surface area contributed by atoms with E-state index in [0.717, 1.165) is 0 Å². The fourth-order valence-corrected chi connectivity index (χ4v) is 1.64. The Balaban J connectivity index is 4.27. The van der Waals surface area contributed by atoms with Crippen LogP contribution in [-0.2, 0) is 14.3 Å². The van der Waals surface area contributed by atoms with Gasteiger partial charge >= 0.3 is 18.0 Å². The molecule has 1 unspecified atom stereocenters. The summed E-state index contributed by atoms with van der Waals surface area (Å²) in [4.78, 5) is 35.5. The Morgan fingerprint density at radius 2 is 1.85 bits per heavy atom. The third-order valence-electron chi connectivity index (χ3n) is 2.48. The van der Waals surface area contributed by atoms with Gasteiger partial charge in [-0.05, 0) is 27.4 Å². The van der Waals surface area contributed by atoms with Crippen LogP contribution in [0.3, 0.4) is 0 Å². The maximum absolute atomic E-state index is 11.6. The molecule has 2 amide bonds. The molecular formula is C12H23N3O5. The quantitative estimate of drug-likeness (QED) is 0.527. The molecule has 0 saturated heterocycles. The van der Waals surface area contributed by atoms with E-state index in [-0.39, 0.29) is 18.9 Å². The summed E-state index contributed by atoms with van der Waals surface area (Å²) in [6.07, 6.45) is -0.0848. The Labute approximate surface area is 118 Å². The monoisotopic (exact) mass is 289 g/mol. The molecule has 0 spiro atoms. The highest BCUT2D eigenvalue weighted by atomic mass is 16.5. The van der Waals surface area contributed by atoms with Crippen molar-refractivity contribution >= 4 is 18.0 Å². The number of carbonyl (C=O) groups is 3. The van der Waals surface area contributed by atoms with Crippen molar-refractivity contribution in [2.45, 2.75) is 31.8 Å². The van der Waals surface area contributed by atoms with Crippen molar-refractivity contribution in [3.63, 3.8) is 0 Å². The smallest absolute Gasteiger partial charge is 0.326 e. The molecule has 0 aliphatic rings. The number of methoxy groups -OCH3 is 1. The van der Waals surface area contributed by atoms with Crippen molar-refractivity contribution in [1.29, 1.82) is 0 Å². The topological polar surface area (TPSA) is 108 Å². The zero-order chi connectivity index (χ0) is 15.7. The van der Waals surface area contributed by atoms with Gasteiger partial charge in [0.05, 0.1) is 7.11 Å². The van der Waals surface area contributed by atoms with Gasteiger partial charge in [0.2, 0.25) is 0 Å². The van der Waals surface area contributed by atoms with Crippen molar-refractivity contribution in [3.8, 4) is 0 Å². The van der Waals surface area contributed by atoms with E-state index in [1.165, 1.54) is 7.11 Å². The second-order valence-electron chi connectivity index (χ2n) is 4.79. The first kappa shape index (κ1) is 18.2. The molecule has 8 nitrogen and oxygen atoms in total. The van der Waals surface area contributed by atoms with E-state index >= 15 is 0 Å². The molecule has 0 saturated carbocycles. The number of likely N-dealkylation sites (N-methyl/N-ethyl adjacent to an activating group) is 1. The number of hydrogen-bond acceptors (Lipinski definition) is 5. The Morgan fingerprint density at radius 1 is 1.25 bits per heavy atom. The lowest BCUT2D eigenvalue weighted by molar-refractivity contribution is -0.142. The molecule has 0 heterocycles. The van der Waals surface area contributed by atoms with Crippen LogP contribution in [0.1, 0.15) is 19.8 Å². The van der Waals surface area contributed by atoms with E-state index in [1.807, 2.05) is 25.9 Å². The van der Waals surface area contributed by atoms with Gasteiger partial charge in [0.15, 0.2) is 0 Å². The van der Waals surface area contributed by atoms with Gasteiger partial charge in [0, 0.05) is 19.0 Å². The summed E-state index contributed by atoms with van der Waals surface area (Å²) in [6, 6.07) is -1.82. The van der Waals surface area contributed by atoms with Gasteiger partial charge in [-0.25, -0.2) is 9.59 Å². The molecule has 2 atom stereocenters. The molecule has 8 heteroatoms. The molecule has 0 fully saturated rings. The van der Waals surface area contributed by atoms with Crippen molar-refractivity contribution in [2.75, 3.05) is 27.7 Å². The number of esters is 1. The largest absolute Gasteiger partial charge is 0.480 e. The number of nitrogens with one attached hydrogen (secondary N) is 2. The van der Waals surface area contributed by atoms with Gasteiger partial charge in [-0.1, -0.05) is 0 Å². The Hall–Kier alpha value is -1.83. The molecule has 0 aromatic carbocycles. The van der Waals surface area contributed by atoms with Crippen LogP contribution in [0, 0.1) is 0 Å². The number of carboxylic acids is 1.